The molecule has 306 valence electrons. The summed E-state index contributed by atoms with van der Waals surface area (Å²) in [5, 5.41) is 47.7. The molecule has 0 aromatic heterocycles. The van der Waals surface area contributed by atoms with Crippen LogP contribution in [0.4, 0.5) is 0 Å². The van der Waals surface area contributed by atoms with Crippen molar-refractivity contribution in [3.8, 4) is 0 Å². The Morgan fingerprint density at radius 3 is 1.28 bits per heavy atom. The van der Waals surface area contributed by atoms with E-state index in [1.165, 1.54) is 6.92 Å². The molecule has 18 heteroatoms. The van der Waals surface area contributed by atoms with Crippen LogP contribution >= 0.6 is 0 Å². The number of amides is 4. The predicted molar refractivity (Wildman–Crippen MR) is 191 cm³/mol. The van der Waals surface area contributed by atoms with Crippen LogP contribution in [0.2, 0.25) is 0 Å². The first kappa shape index (κ1) is 47.6. The van der Waals surface area contributed by atoms with Crippen LogP contribution in [0.1, 0.15) is 135 Å². The van der Waals surface area contributed by atoms with Crippen LogP contribution in [0, 0.1) is 0 Å². The number of aliphatic hydroxyl groups excluding tert-OH is 1. The van der Waals surface area contributed by atoms with Gasteiger partial charge in [-0.3, -0.25) is 19.2 Å². The number of hydrogen-bond acceptors (Lipinski definition) is 11. The molecule has 0 aromatic rings. The third kappa shape index (κ3) is 22.6. The number of carboxylic acids is 3. The molecule has 0 radical (unpaired) electrons. The largest absolute Gasteiger partial charge is 0.480 e. The highest BCUT2D eigenvalue weighted by molar-refractivity contribution is 5.87. The number of Topliss-reactive ketones (excluding diaryl/α,β-unsaturated/α-hetero) is 1. The molecular formula is C36H58N4O14. The van der Waals surface area contributed by atoms with E-state index in [-0.39, 0.29) is 50.7 Å². The van der Waals surface area contributed by atoms with Gasteiger partial charge in [-0.05, 0) is 45.4 Å². The van der Waals surface area contributed by atoms with Crippen molar-refractivity contribution in [3.05, 3.63) is 0 Å². The topological polar surface area (TPSA) is 295 Å². The normalized spacial score (nSPS) is 16.9. The Bertz CT molecular complexity index is 1260. The second-order valence-electron chi connectivity index (χ2n) is 13.6. The highest BCUT2D eigenvalue weighted by Crippen LogP contribution is 2.25. The third-order valence-electron chi connectivity index (χ3n) is 8.91. The highest BCUT2D eigenvalue weighted by Gasteiger charge is 2.44. The summed E-state index contributed by atoms with van der Waals surface area (Å²) in [4.78, 5) is 106. The molecule has 0 aromatic carbocycles. The summed E-state index contributed by atoms with van der Waals surface area (Å²) in [6, 6.07) is -5.05. The van der Waals surface area contributed by atoms with Gasteiger partial charge in [-0.15, -0.1) is 0 Å². The number of aliphatic carboxylic acids is 3. The average molecular weight is 771 g/mol. The van der Waals surface area contributed by atoms with E-state index < -0.39 is 90.9 Å². The Kier molecular flexibility index (Phi) is 23.9. The molecule has 0 spiro atoms. The smallest absolute Gasteiger partial charge is 0.326 e. The molecule has 18 nitrogen and oxygen atoms in total. The number of ether oxygens (including phenoxy) is 1. The molecule has 0 saturated carbocycles. The molecule has 0 aliphatic carbocycles. The number of carboxylic acid groups (broad SMARTS) is 3. The van der Waals surface area contributed by atoms with E-state index in [1.54, 1.807) is 0 Å². The number of aldehydes is 1. The van der Waals surface area contributed by atoms with E-state index in [4.69, 9.17) is 4.74 Å². The fraction of sp³-hybridized carbons (Fsp3) is 0.750. The molecule has 1 aliphatic rings. The molecule has 4 amide bonds. The molecule has 1 rings (SSSR count). The van der Waals surface area contributed by atoms with Crippen LogP contribution in [0.5, 0.6) is 0 Å². The zero-order valence-corrected chi connectivity index (χ0v) is 31.1. The first-order chi connectivity index (χ1) is 25.6. The molecule has 0 bridgehead atoms. The van der Waals surface area contributed by atoms with Crippen LogP contribution < -0.4 is 21.3 Å². The summed E-state index contributed by atoms with van der Waals surface area (Å²) in [5.74, 6) is -6.98. The number of ketones is 1. The number of nitrogens with one attached hydrogen (secondary N) is 4. The van der Waals surface area contributed by atoms with Gasteiger partial charge in [0.2, 0.25) is 23.6 Å². The lowest BCUT2D eigenvalue weighted by Crippen LogP contribution is -2.45. The summed E-state index contributed by atoms with van der Waals surface area (Å²) in [6.07, 6.45) is 7.50. The van der Waals surface area contributed by atoms with Crippen LogP contribution in [-0.4, -0.2) is 111 Å². The summed E-state index contributed by atoms with van der Waals surface area (Å²) in [6.45, 7) is 1.29. The number of carbonyl (C=O) groups is 9. The maximum absolute atomic E-state index is 12.7. The molecule has 8 N–H and O–H groups in total. The third-order valence-corrected chi connectivity index (χ3v) is 8.91. The van der Waals surface area contributed by atoms with Crippen molar-refractivity contribution in [1.29, 1.82) is 0 Å². The van der Waals surface area contributed by atoms with Gasteiger partial charge in [0, 0.05) is 38.5 Å². The molecule has 1 aliphatic heterocycles. The summed E-state index contributed by atoms with van der Waals surface area (Å²) >= 11 is 0. The number of carbonyl (C=O) groups excluding carboxylic acids is 6. The van der Waals surface area contributed by atoms with Crippen LogP contribution in [0.3, 0.4) is 0 Å². The van der Waals surface area contributed by atoms with Crippen molar-refractivity contribution in [1.82, 2.24) is 21.3 Å². The lowest BCUT2D eigenvalue weighted by Gasteiger charge is -2.19. The molecule has 1 saturated heterocycles. The Morgan fingerprint density at radius 1 is 0.537 bits per heavy atom. The fourth-order valence-electron chi connectivity index (χ4n) is 5.69. The average Bonchev–Trinajstić information content (AvgIpc) is 3.84. The van der Waals surface area contributed by atoms with Crippen molar-refractivity contribution in [2.24, 2.45) is 0 Å². The van der Waals surface area contributed by atoms with Gasteiger partial charge in [0.1, 0.15) is 36.3 Å². The summed E-state index contributed by atoms with van der Waals surface area (Å²) in [7, 11) is 0. The van der Waals surface area contributed by atoms with Gasteiger partial charge < -0.3 is 56.0 Å². The maximum Gasteiger partial charge on any atom is 0.326 e. The SMILES string of the molecule is CC(=O)CCC(NC(=O)CCC(NC(=O)CCC(NC(=O)CCC(NC(=O)CCCCCCCCCCCCC=O)C(=O)O)C(=O)O)C1OC1O)C(=O)O. The quantitative estimate of drug-likeness (QED) is 0.0267. The fourth-order valence-corrected chi connectivity index (χ4v) is 5.69. The van der Waals surface area contributed by atoms with E-state index >= 15 is 0 Å². The van der Waals surface area contributed by atoms with Gasteiger partial charge >= 0.3 is 17.9 Å². The Hall–Kier alpha value is -4.45. The Morgan fingerprint density at radius 2 is 0.889 bits per heavy atom. The van der Waals surface area contributed by atoms with Gasteiger partial charge in [-0.2, -0.15) is 0 Å². The van der Waals surface area contributed by atoms with Crippen molar-refractivity contribution >= 4 is 53.6 Å². The molecule has 6 atom stereocenters. The number of hydrogen-bond donors (Lipinski definition) is 8. The second kappa shape index (κ2) is 27.2. The molecule has 6 unspecified atom stereocenters. The van der Waals surface area contributed by atoms with Crippen LogP contribution in [0.15, 0.2) is 0 Å². The molecule has 1 heterocycles. The standard InChI is InChI=1S/C36H58N4O14/c1-23(42)14-15-25(33(47)48)39-30(45)19-16-24(32-36(53)54-32)37-29(44)20-17-27(35(51)52)40-31(46)21-18-26(34(49)50)38-28(43)13-11-9-7-5-3-2-4-6-8-10-12-22-41/h22,24-27,32,36,53H,2-21H2,1H3,(H,37,44)(H,38,43)(H,39,45)(H,40,46)(H,47,48)(H,49,50)(H,51,52). The predicted octanol–water partition coefficient (Wildman–Crippen LogP) is 1.49. The minimum absolute atomic E-state index is 0.0500. The molecular weight excluding hydrogens is 712 g/mol. The zero-order valence-electron chi connectivity index (χ0n) is 31.1. The Labute approximate surface area is 314 Å². The van der Waals surface area contributed by atoms with Gasteiger partial charge in [-0.25, -0.2) is 14.4 Å². The highest BCUT2D eigenvalue weighted by atomic mass is 16.7. The van der Waals surface area contributed by atoms with E-state index in [9.17, 15) is 63.6 Å². The van der Waals surface area contributed by atoms with Crippen molar-refractivity contribution in [2.75, 3.05) is 0 Å². The maximum atomic E-state index is 12.7. The second-order valence-corrected chi connectivity index (χ2v) is 13.6. The molecule has 54 heavy (non-hydrogen) atoms. The van der Waals surface area contributed by atoms with E-state index in [0.29, 0.717) is 12.8 Å². The van der Waals surface area contributed by atoms with E-state index in [0.717, 1.165) is 64.1 Å². The zero-order chi connectivity index (χ0) is 40.5. The van der Waals surface area contributed by atoms with Crippen LogP contribution in [-0.2, 0) is 47.9 Å². The van der Waals surface area contributed by atoms with Crippen molar-refractivity contribution in [2.45, 2.75) is 172 Å². The summed E-state index contributed by atoms with van der Waals surface area (Å²) in [5.41, 5.74) is 0. The number of rotatable bonds is 33. The van der Waals surface area contributed by atoms with E-state index in [1.807, 2.05) is 0 Å². The van der Waals surface area contributed by atoms with Crippen molar-refractivity contribution in [3.63, 3.8) is 0 Å². The lowest BCUT2D eigenvalue weighted by molar-refractivity contribution is -0.143. The number of aliphatic hydroxyl groups is 1. The molecule has 1 fully saturated rings. The first-order valence-electron chi connectivity index (χ1n) is 18.8. The first-order valence-corrected chi connectivity index (χ1v) is 18.8. The number of unbranched alkanes of at least 4 members (excludes halogenated alkanes) is 10. The monoisotopic (exact) mass is 770 g/mol. The van der Waals surface area contributed by atoms with Gasteiger partial charge in [0.15, 0.2) is 6.29 Å². The van der Waals surface area contributed by atoms with Gasteiger partial charge in [-0.1, -0.05) is 51.4 Å². The van der Waals surface area contributed by atoms with Gasteiger partial charge in [0.25, 0.3) is 0 Å². The number of epoxide rings is 1. The van der Waals surface area contributed by atoms with Crippen molar-refractivity contribution < 1.29 is 68.3 Å². The minimum atomic E-state index is -1.51. The van der Waals surface area contributed by atoms with Crippen LogP contribution in [0.25, 0.3) is 0 Å². The minimum Gasteiger partial charge on any atom is -0.480 e. The Balaban J connectivity index is 2.45. The summed E-state index contributed by atoms with van der Waals surface area (Å²) < 4.78 is 5.01. The van der Waals surface area contributed by atoms with Gasteiger partial charge in [0.05, 0.1) is 6.04 Å². The lowest BCUT2D eigenvalue weighted by atomic mass is 10.0. The van der Waals surface area contributed by atoms with E-state index in [2.05, 4.69) is 21.3 Å².